The van der Waals surface area contributed by atoms with Gasteiger partial charge in [0.05, 0.1) is 16.7 Å². The molecule has 2 nitrogen and oxygen atoms in total. The largest absolute Gasteiger partial charge is 0.493 e. The van der Waals surface area contributed by atoms with E-state index in [0.717, 1.165) is 17.0 Å². The van der Waals surface area contributed by atoms with E-state index in [0.29, 0.717) is 29.1 Å². The average molecular weight is 324 g/mol. The second-order valence-electron chi connectivity index (χ2n) is 5.30. The van der Waals surface area contributed by atoms with Crippen LogP contribution in [0.3, 0.4) is 0 Å². The van der Waals surface area contributed by atoms with Gasteiger partial charge in [0.25, 0.3) is 0 Å². The van der Waals surface area contributed by atoms with Crippen molar-refractivity contribution in [2.45, 2.75) is 20.4 Å². The Morgan fingerprint density at radius 1 is 1.10 bits per heavy atom. The average Bonchev–Trinajstić information content (AvgIpc) is 2.47. The highest BCUT2D eigenvalue weighted by Gasteiger charge is 2.04. The summed E-state index contributed by atoms with van der Waals surface area (Å²) >= 11 is 12.2. The quantitative estimate of drug-likeness (QED) is 0.742. The summed E-state index contributed by atoms with van der Waals surface area (Å²) in [5, 5.41) is 4.50. The van der Waals surface area contributed by atoms with Gasteiger partial charge >= 0.3 is 0 Å². The molecular weight excluding hydrogens is 305 g/mol. The van der Waals surface area contributed by atoms with Crippen molar-refractivity contribution in [1.82, 2.24) is 0 Å². The third-order valence-electron chi connectivity index (χ3n) is 2.93. The number of halogens is 2. The Kier molecular flexibility index (Phi) is 5.77. The summed E-state index contributed by atoms with van der Waals surface area (Å²) in [6, 6.07) is 13.6. The molecule has 1 N–H and O–H groups in total. The van der Waals surface area contributed by atoms with E-state index < -0.39 is 0 Å². The SMILES string of the molecule is CC(C)COc1cccc(NCc2cccc(Cl)c2Cl)c1. The minimum Gasteiger partial charge on any atom is -0.493 e. The number of benzene rings is 2. The first-order valence-electron chi connectivity index (χ1n) is 6.96. The van der Waals surface area contributed by atoms with Gasteiger partial charge in [-0.25, -0.2) is 0 Å². The molecular formula is C17H19Cl2NO. The number of hydrogen-bond acceptors (Lipinski definition) is 2. The summed E-state index contributed by atoms with van der Waals surface area (Å²) < 4.78 is 5.72. The molecule has 0 aliphatic rings. The van der Waals surface area contributed by atoms with Crippen LogP contribution in [-0.2, 0) is 6.54 Å². The number of ether oxygens (including phenoxy) is 1. The fourth-order valence-electron chi connectivity index (χ4n) is 1.84. The van der Waals surface area contributed by atoms with Crippen LogP contribution in [0.4, 0.5) is 5.69 Å². The minimum atomic E-state index is 0.506. The minimum absolute atomic E-state index is 0.506. The summed E-state index contributed by atoms with van der Waals surface area (Å²) in [6.07, 6.45) is 0. The third-order valence-corrected chi connectivity index (χ3v) is 3.79. The van der Waals surface area contributed by atoms with Crippen LogP contribution in [0.1, 0.15) is 19.4 Å². The van der Waals surface area contributed by atoms with Gasteiger partial charge in [-0.2, -0.15) is 0 Å². The zero-order valence-electron chi connectivity index (χ0n) is 12.2. The van der Waals surface area contributed by atoms with Gasteiger partial charge in [0.2, 0.25) is 0 Å². The molecule has 0 fully saturated rings. The van der Waals surface area contributed by atoms with Crippen LogP contribution in [0.2, 0.25) is 10.0 Å². The topological polar surface area (TPSA) is 21.3 Å². The molecule has 21 heavy (non-hydrogen) atoms. The molecule has 2 aromatic rings. The Morgan fingerprint density at radius 3 is 2.62 bits per heavy atom. The molecule has 0 spiro atoms. The lowest BCUT2D eigenvalue weighted by atomic mass is 10.2. The van der Waals surface area contributed by atoms with E-state index >= 15 is 0 Å². The van der Waals surface area contributed by atoms with Gasteiger partial charge in [0.15, 0.2) is 0 Å². The van der Waals surface area contributed by atoms with Crippen molar-refractivity contribution in [2.24, 2.45) is 5.92 Å². The van der Waals surface area contributed by atoms with Gasteiger partial charge < -0.3 is 10.1 Å². The van der Waals surface area contributed by atoms with Gasteiger partial charge in [0, 0.05) is 18.3 Å². The third kappa shape index (κ3) is 4.83. The van der Waals surface area contributed by atoms with E-state index in [1.165, 1.54) is 0 Å². The Balaban J connectivity index is 2.00. The van der Waals surface area contributed by atoms with Crippen molar-refractivity contribution < 1.29 is 4.74 Å². The maximum absolute atomic E-state index is 6.18. The molecule has 0 saturated heterocycles. The molecule has 0 bridgehead atoms. The Hall–Kier alpha value is -1.38. The zero-order chi connectivity index (χ0) is 15.2. The zero-order valence-corrected chi connectivity index (χ0v) is 13.7. The second-order valence-corrected chi connectivity index (χ2v) is 6.08. The summed E-state index contributed by atoms with van der Waals surface area (Å²) in [7, 11) is 0. The van der Waals surface area contributed by atoms with E-state index in [1.54, 1.807) is 6.07 Å². The molecule has 2 aromatic carbocycles. The van der Waals surface area contributed by atoms with Crippen LogP contribution in [0, 0.1) is 5.92 Å². The van der Waals surface area contributed by atoms with Crippen molar-refractivity contribution in [2.75, 3.05) is 11.9 Å². The van der Waals surface area contributed by atoms with Crippen molar-refractivity contribution in [3.8, 4) is 5.75 Å². The number of anilines is 1. The van der Waals surface area contributed by atoms with E-state index in [-0.39, 0.29) is 0 Å². The summed E-state index contributed by atoms with van der Waals surface area (Å²) in [6.45, 7) is 5.59. The molecule has 0 aliphatic carbocycles. The maximum atomic E-state index is 6.18. The number of nitrogens with one attached hydrogen (secondary N) is 1. The van der Waals surface area contributed by atoms with Crippen molar-refractivity contribution >= 4 is 28.9 Å². The number of rotatable bonds is 6. The van der Waals surface area contributed by atoms with E-state index in [2.05, 4.69) is 19.2 Å². The van der Waals surface area contributed by atoms with Gasteiger partial charge in [-0.15, -0.1) is 0 Å². The normalized spacial score (nSPS) is 10.7. The first-order chi connectivity index (χ1) is 10.1. The lowest BCUT2D eigenvalue weighted by Gasteiger charge is -2.12. The number of hydrogen-bond donors (Lipinski definition) is 1. The molecule has 2 rings (SSSR count). The molecule has 0 saturated carbocycles. The predicted molar refractivity (Wildman–Crippen MR) is 90.6 cm³/mol. The molecule has 0 unspecified atom stereocenters. The molecule has 112 valence electrons. The molecule has 0 atom stereocenters. The van der Waals surface area contributed by atoms with E-state index in [9.17, 15) is 0 Å². The molecule has 0 radical (unpaired) electrons. The molecule has 4 heteroatoms. The fourth-order valence-corrected chi connectivity index (χ4v) is 2.23. The van der Waals surface area contributed by atoms with Crippen LogP contribution in [0.5, 0.6) is 5.75 Å². The molecule has 0 aromatic heterocycles. The van der Waals surface area contributed by atoms with Crippen LogP contribution >= 0.6 is 23.2 Å². The highest BCUT2D eigenvalue weighted by Crippen LogP contribution is 2.26. The van der Waals surface area contributed by atoms with E-state index in [4.69, 9.17) is 27.9 Å². The molecule has 0 heterocycles. The standard InChI is InChI=1S/C17H19Cl2NO/c1-12(2)11-21-15-7-4-6-14(9-15)20-10-13-5-3-8-16(18)17(13)19/h3-9,12,20H,10-11H2,1-2H3. The lowest BCUT2D eigenvalue weighted by molar-refractivity contribution is 0.271. The molecule has 0 amide bonds. The van der Waals surface area contributed by atoms with Crippen LogP contribution in [0.15, 0.2) is 42.5 Å². The van der Waals surface area contributed by atoms with Crippen LogP contribution in [-0.4, -0.2) is 6.61 Å². The predicted octanol–water partition coefficient (Wildman–Crippen LogP) is 5.64. The smallest absolute Gasteiger partial charge is 0.121 e. The summed E-state index contributed by atoms with van der Waals surface area (Å²) in [4.78, 5) is 0. The van der Waals surface area contributed by atoms with Gasteiger partial charge in [0.1, 0.15) is 5.75 Å². The first-order valence-corrected chi connectivity index (χ1v) is 7.71. The Bertz CT molecular complexity index is 599. The maximum Gasteiger partial charge on any atom is 0.121 e. The van der Waals surface area contributed by atoms with Gasteiger partial charge in [-0.1, -0.05) is 55.2 Å². The van der Waals surface area contributed by atoms with Gasteiger partial charge in [-0.05, 0) is 29.7 Å². The van der Waals surface area contributed by atoms with Gasteiger partial charge in [-0.3, -0.25) is 0 Å². The first kappa shape index (κ1) is 16.0. The highest BCUT2D eigenvalue weighted by molar-refractivity contribution is 6.42. The second kappa shape index (κ2) is 7.58. The van der Waals surface area contributed by atoms with Crippen molar-refractivity contribution in [1.29, 1.82) is 0 Å². The molecule has 0 aliphatic heterocycles. The van der Waals surface area contributed by atoms with Crippen LogP contribution < -0.4 is 10.1 Å². The van der Waals surface area contributed by atoms with Crippen LogP contribution in [0.25, 0.3) is 0 Å². The fraction of sp³-hybridized carbons (Fsp3) is 0.294. The van der Waals surface area contributed by atoms with Crippen molar-refractivity contribution in [3.63, 3.8) is 0 Å². The Labute approximate surface area is 136 Å². The monoisotopic (exact) mass is 323 g/mol. The lowest BCUT2D eigenvalue weighted by Crippen LogP contribution is -2.05. The Morgan fingerprint density at radius 2 is 1.86 bits per heavy atom. The van der Waals surface area contributed by atoms with E-state index in [1.807, 2.05) is 36.4 Å². The highest BCUT2D eigenvalue weighted by atomic mass is 35.5. The van der Waals surface area contributed by atoms with Crippen molar-refractivity contribution in [3.05, 3.63) is 58.1 Å². The summed E-state index contributed by atoms with van der Waals surface area (Å²) in [5.41, 5.74) is 1.96. The summed E-state index contributed by atoms with van der Waals surface area (Å²) in [5.74, 6) is 1.37.